The van der Waals surface area contributed by atoms with Crippen molar-refractivity contribution in [3.05, 3.63) is 34.6 Å². The van der Waals surface area contributed by atoms with Crippen LogP contribution >= 0.6 is 11.6 Å². The quantitative estimate of drug-likeness (QED) is 0.600. The number of hydrogen-bond donors (Lipinski definition) is 0. The second kappa shape index (κ2) is 4.69. The van der Waals surface area contributed by atoms with Gasteiger partial charge >= 0.3 is 12.1 Å². The average molecular weight is 257 g/mol. The van der Waals surface area contributed by atoms with Crippen molar-refractivity contribution >= 4 is 17.6 Å². The molecule has 0 saturated heterocycles. The van der Waals surface area contributed by atoms with Crippen LogP contribution in [0.2, 0.25) is 5.02 Å². The average Bonchev–Trinajstić information content (AvgIpc) is 2.15. The molecule has 0 spiro atoms. The lowest BCUT2D eigenvalue weighted by Crippen LogP contribution is -2.25. The summed E-state index contributed by atoms with van der Waals surface area (Å²) in [6.07, 6.45) is -5.10. The van der Waals surface area contributed by atoms with Crippen LogP contribution in [0, 0.1) is 5.82 Å². The molecule has 0 radical (unpaired) electrons. The Labute approximate surface area is 92.8 Å². The maximum absolute atomic E-state index is 13.0. The van der Waals surface area contributed by atoms with Gasteiger partial charge in [-0.25, -0.2) is 9.18 Å². The molecule has 0 saturated carbocycles. The molecule has 0 unspecified atom stereocenters. The first-order valence-corrected chi connectivity index (χ1v) is 4.37. The van der Waals surface area contributed by atoms with E-state index >= 15 is 0 Å². The predicted octanol–water partition coefficient (Wildman–Crippen LogP) is 3.08. The van der Waals surface area contributed by atoms with Crippen LogP contribution in [0.5, 0.6) is 0 Å². The van der Waals surface area contributed by atoms with Gasteiger partial charge in [-0.15, -0.1) is 0 Å². The summed E-state index contributed by atoms with van der Waals surface area (Å²) in [5, 5.41) is -0.102. The van der Waals surface area contributed by atoms with Crippen LogP contribution in [0.1, 0.15) is 5.56 Å². The number of rotatable bonds is 2. The molecule has 1 rings (SSSR count). The molecule has 0 amide bonds. The highest BCUT2D eigenvalue weighted by atomic mass is 35.5. The number of hydrogen-bond acceptors (Lipinski definition) is 2. The molecule has 0 bridgehead atoms. The molecule has 0 aliphatic heterocycles. The second-order valence-electron chi connectivity index (χ2n) is 2.77. The Bertz CT molecular complexity index is 383. The Morgan fingerprint density at radius 3 is 2.50 bits per heavy atom. The van der Waals surface area contributed by atoms with Crippen molar-refractivity contribution in [1.29, 1.82) is 0 Å². The largest absolute Gasteiger partial charge is 0.490 e. The van der Waals surface area contributed by atoms with Crippen molar-refractivity contribution in [3.63, 3.8) is 0 Å². The second-order valence-corrected chi connectivity index (χ2v) is 3.18. The molecule has 0 atom stereocenters. The molecule has 88 valence electrons. The van der Waals surface area contributed by atoms with Crippen LogP contribution in [-0.2, 0) is 16.1 Å². The summed E-state index contributed by atoms with van der Waals surface area (Å²) in [5.74, 6) is -3.21. The Hall–Kier alpha value is -1.30. The van der Waals surface area contributed by atoms with Crippen molar-refractivity contribution < 1.29 is 27.1 Å². The number of halogens is 5. The first-order valence-electron chi connectivity index (χ1n) is 3.99. The lowest BCUT2D eigenvalue weighted by atomic mass is 10.2. The van der Waals surface area contributed by atoms with E-state index < -0.39 is 24.6 Å². The lowest BCUT2D eigenvalue weighted by molar-refractivity contribution is -0.201. The zero-order chi connectivity index (χ0) is 12.3. The molecule has 0 N–H and O–H groups in total. The molecule has 0 aromatic heterocycles. The highest BCUT2D eigenvalue weighted by Crippen LogP contribution is 2.22. The third kappa shape index (κ3) is 3.10. The van der Waals surface area contributed by atoms with Crippen molar-refractivity contribution in [2.45, 2.75) is 12.8 Å². The number of benzene rings is 1. The van der Waals surface area contributed by atoms with E-state index in [0.29, 0.717) is 0 Å². The minimum absolute atomic E-state index is 0.102. The number of esters is 1. The monoisotopic (exact) mass is 256 g/mol. The number of ether oxygens (including phenoxy) is 1. The fraction of sp³-hybridized carbons (Fsp3) is 0.222. The maximum atomic E-state index is 13.0. The molecule has 0 aliphatic rings. The molecule has 1 aromatic carbocycles. The summed E-state index contributed by atoms with van der Waals surface area (Å²) in [7, 11) is 0. The number of alkyl halides is 3. The zero-order valence-corrected chi connectivity index (χ0v) is 8.40. The smallest absolute Gasteiger partial charge is 0.454 e. The number of carbonyl (C=O) groups excluding carboxylic acids is 1. The van der Waals surface area contributed by atoms with Gasteiger partial charge in [-0.3, -0.25) is 0 Å². The maximum Gasteiger partial charge on any atom is 0.490 e. The van der Waals surface area contributed by atoms with Crippen LogP contribution in [0.25, 0.3) is 0 Å². The minimum atomic E-state index is -5.10. The highest BCUT2D eigenvalue weighted by molar-refractivity contribution is 6.31. The van der Waals surface area contributed by atoms with E-state index in [-0.39, 0.29) is 10.6 Å². The SMILES string of the molecule is O=C(OCc1c(F)cccc1Cl)C(F)(F)F. The summed E-state index contributed by atoms with van der Waals surface area (Å²) in [6, 6.07) is 3.57. The predicted molar refractivity (Wildman–Crippen MR) is 47.3 cm³/mol. The van der Waals surface area contributed by atoms with Crippen molar-refractivity contribution in [3.8, 4) is 0 Å². The van der Waals surface area contributed by atoms with Gasteiger partial charge in [0.2, 0.25) is 0 Å². The van der Waals surface area contributed by atoms with Crippen molar-refractivity contribution in [2.24, 2.45) is 0 Å². The molecular weight excluding hydrogens is 252 g/mol. The van der Waals surface area contributed by atoms with Gasteiger partial charge in [0.1, 0.15) is 12.4 Å². The third-order valence-corrected chi connectivity index (χ3v) is 1.99. The first-order chi connectivity index (χ1) is 7.32. The fourth-order valence-electron chi connectivity index (χ4n) is 0.890. The van der Waals surface area contributed by atoms with Gasteiger partial charge in [0, 0.05) is 5.56 Å². The van der Waals surface area contributed by atoms with Gasteiger partial charge in [0.05, 0.1) is 5.02 Å². The molecule has 0 aliphatic carbocycles. The van der Waals surface area contributed by atoms with E-state index in [2.05, 4.69) is 4.74 Å². The summed E-state index contributed by atoms with van der Waals surface area (Å²) in [6.45, 7) is -0.857. The summed E-state index contributed by atoms with van der Waals surface area (Å²) in [5.41, 5.74) is -0.290. The number of carbonyl (C=O) groups is 1. The Balaban J connectivity index is 2.73. The van der Waals surface area contributed by atoms with E-state index in [0.717, 1.165) is 6.07 Å². The van der Waals surface area contributed by atoms with Gasteiger partial charge < -0.3 is 4.74 Å². The standard InChI is InChI=1S/C9H5ClF4O2/c10-6-2-1-3-7(11)5(6)4-16-8(15)9(12,13)14/h1-3H,4H2. The Morgan fingerprint density at radius 2 is 2.00 bits per heavy atom. The third-order valence-electron chi connectivity index (χ3n) is 1.64. The van der Waals surface area contributed by atoms with Gasteiger partial charge in [-0.1, -0.05) is 17.7 Å². The summed E-state index contributed by atoms with van der Waals surface area (Å²) in [4.78, 5) is 10.3. The van der Waals surface area contributed by atoms with E-state index in [1.807, 2.05) is 0 Å². The minimum Gasteiger partial charge on any atom is -0.454 e. The normalized spacial score (nSPS) is 11.3. The van der Waals surface area contributed by atoms with E-state index in [1.165, 1.54) is 12.1 Å². The van der Waals surface area contributed by atoms with Crippen LogP contribution in [0.3, 0.4) is 0 Å². The van der Waals surface area contributed by atoms with Crippen LogP contribution in [0.15, 0.2) is 18.2 Å². The molecule has 2 nitrogen and oxygen atoms in total. The van der Waals surface area contributed by atoms with Gasteiger partial charge in [0.25, 0.3) is 0 Å². The Kier molecular flexibility index (Phi) is 3.74. The lowest BCUT2D eigenvalue weighted by Gasteiger charge is -2.08. The van der Waals surface area contributed by atoms with Gasteiger partial charge in [-0.05, 0) is 12.1 Å². The molecule has 16 heavy (non-hydrogen) atoms. The molecule has 0 heterocycles. The Morgan fingerprint density at radius 1 is 1.38 bits per heavy atom. The van der Waals surface area contributed by atoms with Crippen molar-refractivity contribution in [1.82, 2.24) is 0 Å². The van der Waals surface area contributed by atoms with E-state index in [9.17, 15) is 22.4 Å². The van der Waals surface area contributed by atoms with Crippen LogP contribution in [0.4, 0.5) is 17.6 Å². The van der Waals surface area contributed by atoms with Crippen LogP contribution < -0.4 is 0 Å². The van der Waals surface area contributed by atoms with E-state index in [1.54, 1.807) is 0 Å². The van der Waals surface area contributed by atoms with Gasteiger partial charge in [0.15, 0.2) is 0 Å². The first kappa shape index (κ1) is 12.8. The zero-order valence-electron chi connectivity index (χ0n) is 7.65. The van der Waals surface area contributed by atoms with Crippen molar-refractivity contribution in [2.75, 3.05) is 0 Å². The molecule has 7 heteroatoms. The fourth-order valence-corrected chi connectivity index (χ4v) is 1.11. The molecule has 0 fully saturated rings. The highest BCUT2D eigenvalue weighted by Gasteiger charge is 2.41. The summed E-state index contributed by atoms with van der Waals surface area (Å²) >= 11 is 5.51. The van der Waals surface area contributed by atoms with Gasteiger partial charge in [-0.2, -0.15) is 13.2 Å². The van der Waals surface area contributed by atoms with Crippen LogP contribution in [-0.4, -0.2) is 12.1 Å². The molecule has 1 aromatic rings. The topological polar surface area (TPSA) is 26.3 Å². The molecular formula is C9H5ClF4O2. The van der Waals surface area contributed by atoms with E-state index in [4.69, 9.17) is 11.6 Å². The summed E-state index contributed by atoms with van der Waals surface area (Å²) < 4.78 is 52.2.